The molecule has 0 heterocycles. The van der Waals surface area contributed by atoms with Crippen molar-refractivity contribution in [1.82, 2.24) is 0 Å². The van der Waals surface area contributed by atoms with Crippen LogP contribution in [0.2, 0.25) is 0 Å². The maximum absolute atomic E-state index is 12.2. The van der Waals surface area contributed by atoms with Gasteiger partial charge in [0.2, 0.25) is 0 Å². The summed E-state index contributed by atoms with van der Waals surface area (Å²) in [4.78, 5) is 24.1. The number of carbonyl (C=O) groups is 2. The van der Waals surface area contributed by atoms with E-state index in [-0.39, 0.29) is 21.9 Å². The topological polar surface area (TPSA) is 34.1 Å². The van der Waals surface area contributed by atoms with Gasteiger partial charge in [-0.25, -0.2) is 0 Å². The van der Waals surface area contributed by atoms with Gasteiger partial charge in [0.1, 0.15) is 0 Å². The minimum absolute atomic E-state index is 0.108. The van der Waals surface area contributed by atoms with Crippen LogP contribution in [0.15, 0.2) is 11.6 Å². The van der Waals surface area contributed by atoms with E-state index in [4.69, 9.17) is 0 Å². The summed E-state index contributed by atoms with van der Waals surface area (Å²) < 4.78 is 0. The Morgan fingerprint density at radius 3 is 2.62 bits per heavy atom. The van der Waals surface area contributed by atoms with E-state index in [0.717, 1.165) is 31.6 Å². The molecular weight excluding hydrogens is 316 g/mol. The molecule has 4 aliphatic carbocycles. The Morgan fingerprint density at radius 2 is 1.92 bits per heavy atom. The largest absolute Gasteiger partial charge is 0.295 e. The average Bonchev–Trinajstić information content (AvgIpc) is 2.78. The van der Waals surface area contributed by atoms with Gasteiger partial charge in [-0.05, 0) is 79.1 Å². The summed E-state index contributed by atoms with van der Waals surface area (Å²) in [5.74, 6) is 3.00. The molecule has 0 amide bonds. The van der Waals surface area contributed by atoms with Gasteiger partial charge in [-0.2, -0.15) is 0 Å². The first-order valence-corrected chi connectivity index (χ1v) is 10.2. The molecule has 0 bridgehead atoms. The van der Waals surface area contributed by atoms with Gasteiger partial charge in [-0.15, -0.1) is 12.6 Å². The van der Waals surface area contributed by atoms with E-state index in [1.807, 2.05) is 6.08 Å². The highest BCUT2D eigenvalue weighted by molar-refractivity contribution is 7.96. The Kier molecular flexibility index (Phi) is 3.84. The lowest BCUT2D eigenvalue weighted by Gasteiger charge is -2.58. The number of hydrogen-bond acceptors (Lipinski definition) is 2. The molecule has 0 aromatic heterocycles. The Labute approximate surface area is 151 Å². The Hall–Kier alpha value is -0.570. The zero-order valence-electron chi connectivity index (χ0n) is 15.2. The summed E-state index contributed by atoms with van der Waals surface area (Å²) in [6.07, 6.45) is 9.57. The second-order valence-electron chi connectivity index (χ2n) is 9.54. The van der Waals surface area contributed by atoms with Crippen LogP contribution in [0.5, 0.6) is 0 Å². The molecule has 0 aromatic rings. The molecular formula is C21H30O2S. The summed E-state index contributed by atoms with van der Waals surface area (Å²) in [7, 11) is 0. The standard InChI is InChI=1S/C21H30O2S/c1-12-10-17-15-5-4-13-11-14(22)6-8-20(13,2)16(15)7-9-21(17,3)18(12)19(23)24/h11-12,15-18H,4-10H2,1-3H3,(H,23,24)/t12-,15+,16-,17-,18+,20-,21-/m0/s1. The number of hydrogen-bond donors (Lipinski definition) is 1. The first-order valence-electron chi connectivity index (χ1n) is 9.74. The van der Waals surface area contributed by atoms with Crippen LogP contribution in [0.4, 0.5) is 0 Å². The lowest BCUT2D eigenvalue weighted by molar-refractivity contribution is -0.123. The maximum atomic E-state index is 12.2. The van der Waals surface area contributed by atoms with Gasteiger partial charge in [0.15, 0.2) is 10.9 Å². The van der Waals surface area contributed by atoms with Gasteiger partial charge in [0.05, 0.1) is 0 Å². The molecule has 3 saturated carbocycles. The summed E-state index contributed by atoms with van der Waals surface area (Å²) in [6, 6.07) is 0. The molecule has 0 aliphatic heterocycles. The van der Waals surface area contributed by atoms with Crippen molar-refractivity contribution >= 4 is 23.5 Å². The lowest BCUT2D eigenvalue weighted by atomic mass is 9.47. The molecule has 24 heavy (non-hydrogen) atoms. The second kappa shape index (κ2) is 5.46. The van der Waals surface area contributed by atoms with Crippen molar-refractivity contribution in [1.29, 1.82) is 0 Å². The number of rotatable bonds is 1. The number of carbonyl (C=O) groups excluding carboxylic acids is 2. The second-order valence-corrected chi connectivity index (χ2v) is 9.98. The Balaban J connectivity index is 1.69. The van der Waals surface area contributed by atoms with Crippen molar-refractivity contribution < 1.29 is 9.59 Å². The smallest absolute Gasteiger partial charge is 0.189 e. The van der Waals surface area contributed by atoms with Crippen LogP contribution in [0.1, 0.15) is 65.7 Å². The van der Waals surface area contributed by atoms with Crippen molar-refractivity contribution in [2.45, 2.75) is 65.7 Å². The quantitative estimate of drug-likeness (QED) is 0.690. The van der Waals surface area contributed by atoms with E-state index in [2.05, 4.69) is 33.4 Å². The SMILES string of the molecule is C[C@H]1C[C@H]2[C@@H]3CCC4=CC(=O)CC[C@]4(C)[C@H]3CC[C@]2(C)[C@H]1C(=O)S. The highest BCUT2D eigenvalue weighted by Gasteiger charge is 2.61. The van der Waals surface area contributed by atoms with Gasteiger partial charge in [0.25, 0.3) is 0 Å². The Morgan fingerprint density at radius 1 is 1.17 bits per heavy atom. The fourth-order valence-electron chi connectivity index (χ4n) is 7.45. The molecule has 132 valence electrons. The van der Waals surface area contributed by atoms with Crippen LogP contribution >= 0.6 is 12.6 Å². The molecule has 4 aliphatic rings. The minimum atomic E-state index is 0.108. The van der Waals surface area contributed by atoms with E-state index >= 15 is 0 Å². The van der Waals surface area contributed by atoms with E-state index < -0.39 is 0 Å². The third kappa shape index (κ3) is 2.15. The number of fused-ring (bicyclic) bond motifs is 5. The highest BCUT2D eigenvalue weighted by atomic mass is 32.1. The number of allylic oxidation sites excluding steroid dienone is 1. The molecule has 2 nitrogen and oxygen atoms in total. The van der Waals surface area contributed by atoms with Crippen LogP contribution in [0.3, 0.4) is 0 Å². The zero-order valence-corrected chi connectivity index (χ0v) is 16.1. The molecule has 0 spiro atoms. The third-order valence-electron chi connectivity index (χ3n) is 8.57. The molecule has 3 heteroatoms. The fraction of sp³-hybridized carbons (Fsp3) is 0.810. The predicted molar refractivity (Wildman–Crippen MR) is 98.7 cm³/mol. The van der Waals surface area contributed by atoms with Crippen molar-refractivity contribution in [3.63, 3.8) is 0 Å². The van der Waals surface area contributed by atoms with Gasteiger partial charge < -0.3 is 0 Å². The molecule has 0 radical (unpaired) electrons. The first-order chi connectivity index (χ1) is 11.3. The lowest BCUT2D eigenvalue weighted by Crippen LogP contribution is -2.51. The van der Waals surface area contributed by atoms with Crippen LogP contribution in [0.25, 0.3) is 0 Å². The first kappa shape index (κ1) is 16.9. The van der Waals surface area contributed by atoms with Gasteiger partial charge in [-0.1, -0.05) is 26.3 Å². The van der Waals surface area contributed by atoms with Crippen LogP contribution in [-0.4, -0.2) is 10.9 Å². The fourth-order valence-corrected chi connectivity index (χ4v) is 8.00. The monoisotopic (exact) mass is 346 g/mol. The maximum Gasteiger partial charge on any atom is 0.189 e. The summed E-state index contributed by atoms with van der Waals surface area (Å²) in [5, 5.41) is 0.108. The van der Waals surface area contributed by atoms with Crippen molar-refractivity contribution in [3.05, 3.63) is 11.6 Å². The minimum Gasteiger partial charge on any atom is -0.295 e. The summed E-state index contributed by atoms with van der Waals surface area (Å²) in [6.45, 7) is 7.05. The van der Waals surface area contributed by atoms with Crippen LogP contribution in [0, 0.1) is 40.4 Å². The zero-order chi connectivity index (χ0) is 17.3. The van der Waals surface area contributed by atoms with Gasteiger partial charge in [0, 0.05) is 12.3 Å². The number of ketones is 1. The van der Waals surface area contributed by atoms with E-state index in [1.54, 1.807) is 0 Å². The van der Waals surface area contributed by atoms with Crippen molar-refractivity contribution in [3.8, 4) is 0 Å². The highest BCUT2D eigenvalue weighted by Crippen LogP contribution is 2.67. The summed E-state index contributed by atoms with van der Waals surface area (Å²) >= 11 is 4.26. The van der Waals surface area contributed by atoms with E-state index in [0.29, 0.717) is 23.5 Å². The van der Waals surface area contributed by atoms with E-state index in [9.17, 15) is 9.59 Å². The Bertz CT molecular complexity index is 623. The summed E-state index contributed by atoms with van der Waals surface area (Å²) in [5.41, 5.74) is 1.79. The number of thiol groups is 1. The van der Waals surface area contributed by atoms with Crippen LogP contribution in [-0.2, 0) is 9.59 Å². The van der Waals surface area contributed by atoms with Crippen molar-refractivity contribution in [2.24, 2.45) is 40.4 Å². The molecule has 4 rings (SSSR count). The van der Waals surface area contributed by atoms with Gasteiger partial charge >= 0.3 is 0 Å². The normalized spacial score (nSPS) is 50.6. The van der Waals surface area contributed by atoms with Gasteiger partial charge in [-0.3, -0.25) is 9.59 Å². The molecule has 0 unspecified atom stereocenters. The molecule has 0 N–H and O–H groups in total. The predicted octanol–water partition coefficient (Wildman–Crippen LogP) is 4.84. The average molecular weight is 347 g/mol. The third-order valence-corrected chi connectivity index (χ3v) is 8.85. The molecule has 0 saturated heterocycles. The van der Waals surface area contributed by atoms with E-state index in [1.165, 1.54) is 24.8 Å². The molecule has 3 fully saturated rings. The molecule has 0 aromatic carbocycles. The van der Waals surface area contributed by atoms with Crippen molar-refractivity contribution in [2.75, 3.05) is 0 Å². The van der Waals surface area contributed by atoms with Crippen LogP contribution < -0.4 is 0 Å². The molecule has 7 atom stereocenters.